The Kier molecular flexibility index (Phi) is 7.96. The van der Waals surface area contributed by atoms with Crippen LogP contribution >= 0.6 is 11.8 Å². The van der Waals surface area contributed by atoms with Gasteiger partial charge in [0, 0.05) is 61.3 Å². The van der Waals surface area contributed by atoms with Crippen molar-refractivity contribution in [2.75, 3.05) is 44.2 Å². The second-order valence-electron chi connectivity index (χ2n) is 8.07. The molecule has 0 bridgehead atoms. The van der Waals surface area contributed by atoms with Gasteiger partial charge in [-0.05, 0) is 45.0 Å². The third-order valence-electron chi connectivity index (χ3n) is 5.83. The van der Waals surface area contributed by atoms with Crippen molar-refractivity contribution in [2.45, 2.75) is 30.9 Å². The van der Waals surface area contributed by atoms with Crippen molar-refractivity contribution >= 4 is 23.6 Å². The predicted molar refractivity (Wildman–Crippen MR) is 130 cm³/mol. The van der Waals surface area contributed by atoms with E-state index < -0.39 is 0 Å². The van der Waals surface area contributed by atoms with Crippen LogP contribution in [-0.4, -0.2) is 65.2 Å². The van der Waals surface area contributed by atoms with Crippen LogP contribution in [-0.2, 0) is 5.75 Å². The van der Waals surface area contributed by atoms with Crippen molar-refractivity contribution in [3.05, 3.63) is 65.3 Å². The average molecular weight is 467 g/mol. The lowest BCUT2D eigenvalue weighted by molar-refractivity contribution is 0.0948. The van der Waals surface area contributed by atoms with Gasteiger partial charge in [0.05, 0.1) is 11.3 Å². The van der Waals surface area contributed by atoms with Crippen LogP contribution in [0.25, 0.3) is 0 Å². The summed E-state index contributed by atoms with van der Waals surface area (Å²) in [7, 11) is 0. The molecule has 3 heterocycles. The first-order valence-electron chi connectivity index (χ1n) is 11.3. The molecule has 0 aliphatic carbocycles. The Bertz CT molecular complexity index is 1030. The number of hydrogen-bond donors (Lipinski definition) is 1. The number of aromatic nitrogens is 3. The molecule has 1 saturated heterocycles. The fourth-order valence-electron chi connectivity index (χ4n) is 3.86. The van der Waals surface area contributed by atoms with Crippen LogP contribution in [0.15, 0.2) is 52.1 Å². The topological polar surface area (TPSA) is 87.4 Å². The minimum atomic E-state index is -0.0251. The lowest BCUT2D eigenvalue weighted by atomic mass is 10.2. The lowest BCUT2D eigenvalue weighted by Gasteiger charge is -2.34. The second-order valence-corrected chi connectivity index (χ2v) is 9.09. The van der Waals surface area contributed by atoms with Gasteiger partial charge in [-0.25, -0.2) is 9.97 Å². The maximum Gasteiger partial charge on any atom is 0.252 e. The predicted octanol–water partition coefficient (Wildman–Crippen LogP) is 3.32. The van der Waals surface area contributed by atoms with Crippen molar-refractivity contribution in [2.24, 2.45) is 0 Å². The van der Waals surface area contributed by atoms with Gasteiger partial charge >= 0.3 is 0 Å². The zero-order valence-electron chi connectivity index (χ0n) is 19.2. The average Bonchev–Trinajstić information content (AvgIpc) is 3.18. The number of piperazine rings is 1. The summed E-state index contributed by atoms with van der Waals surface area (Å²) in [4.78, 5) is 27.1. The van der Waals surface area contributed by atoms with E-state index in [1.807, 2.05) is 44.2 Å². The van der Waals surface area contributed by atoms with Gasteiger partial charge in [0.15, 0.2) is 0 Å². The summed E-state index contributed by atoms with van der Waals surface area (Å²) >= 11 is 1.64. The molecule has 8 nitrogen and oxygen atoms in total. The van der Waals surface area contributed by atoms with Gasteiger partial charge in [0.25, 0.3) is 5.91 Å². The molecule has 0 radical (unpaired) electrons. The summed E-state index contributed by atoms with van der Waals surface area (Å²) in [5, 5.41) is 7.10. The van der Waals surface area contributed by atoms with Gasteiger partial charge < -0.3 is 14.7 Å². The highest BCUT2D eigenvalue weighted by Crippen LogP contribution is 2.28. The summed E-state index contributed by atoms with van der Waals surface area (Å²) in [6.45, 7) is 9.29. The molecule has 9 heteroatoms. The van der Waals surface area contributed by atoms with Gasteiger partial charge in [0.2, 0.25) is 5.95 Å². The van der Waals surface area contributed by atoms with Crippen molar-refractivity contribution in [3.63, 3.8) is 0 Å². The zero-order chi connectivity index (χ0) is 23.0. The molecule has 1 amide bonds. The van der Waals surface area contributed by atoms with Crippen LogP contribution in [0.5, 0.6) is 0 Å². The number of amides is 1. The van der Waals surface area contributed by atoms with E-state index in [1.54, 1.807) is 24.2 Å². The fourth-order valence-corrected chi connectivity index (χ4v) is 5.07. The molecule has 2 aromatic heterocycles. The van der Waals surface area contributed by atoms with E-state index in [0.717, 1.165) is 72.8 Å². The van der Waals surface area contributed by atoms with E-state index in [-0.39, 0.29) is 5.91 Å². The van der Waals surface area contributed by atoms with Crippen molar-refractivity contribution < 1.29 is 9.32 Å². The first-order chi connectivity index (χ1) is 16.1. The van der Waals surface area contributed by atoms with Crippen LogP contribution in [0.2, 0.25) is 0 Å². The Balaban J connectivity index is 1.20. The summed E-state index contributed by atoms with van der Waals surface area (Å²) in [5.41, 5.74) is 2.71. The van der Waals surface area contributed by atoms with Crippen LogP contribution in [0.4, 0.5) is 5.95 Å². The molecule has 1 aromatic carbocycles. The molecule has 1 aliphatic rings. The molecular formula is C24H30N6O2S. The normalized spacial score (nSPS) is 14.4. The number of anilines is 1. The van der Waals surface area contributed by atoms with E-state index in [4.69, 9.17) is 4.52 Å². The minimum Gasteiger partial charge on any atom is -0.361 e. The highest BCUT2D eigenvalue weighted by Gasteiger charge is 2.18. The summed E-state index contributed by atoms with van der Waals surface area (Å²) in [6.07, 6.45) is 4.48. The summed E-state index contributed by atoms with van der Waals surface area (Å²) < 4.78 is 5.25. The quantitative estimate of drug-likeness (QED) is 0.380. The number of aryl methyl sites for hydroxylation is 2. The molecular weight excluding hydrogens is 436 g/mol. The number of hydrogen-bond acceptors (Lipinski definition) is 8. The monoisotopic (exact) mass is 466 g/mol. The highest BCUT2D eigenvalue weighted by atomic mass is 32.2. The molecule has 174 valence electrons. The molecule has 1 fully saturated rings. The van der Waals surface area contributed by atoms with Crippen LogP contribution in [0.3, 0.4) is 0 Å². The number of nitrogens with zero attached hydrogens (tertiary/aromatic N) is 5. The number of benzene rings is 1. The molecule has 33 heavy (non-hydrogen) atoms. The van der Waals surface area contributed by atoms with Crippen molar-refractivity contribution in [1.29, 1.82) is 0 Å². The molecule has 3 aromatic rings. The summed E-state index contributed by atoms with van der Waals surface area (Å²) in [6, 6.07) is 9.59. The molecule has 4 rings (SSSR count). The van der Waals surface area contributed by atoms with E-state index in [2.05, 4.69) is 30.2 Å². The largest absolute Gasteiger partial charge is 0.361 e. The van der Waals surface area contributed by atoms with Gasteiger partial charge in [-0.2, -0.15) is 0 Å². The standard InChI is InChI=1S/C24H30N6O2S/c1-18-21(19(2)32-28-18)17-33-22-8-4-3-7-20(22)23(31)25-11-6-12-29-13-15-30(16-14-29)24-26-9-5-10-27-24/h3-5,7-10H,6,11-17H2,1-2H3,(H,25,31). The first kappa shape index (κ1) is 23.3. The maximum atomic E-state index is 12.8. The smallest absolute Gasteiger partial charge is 0.252 e. The van der Waals surface area contributed by atoms with Gasteiger partial charge in [-0.1, -0.05) is 17.3 Å². The number of rotatable bonds is 9. The SMILES string of the molecule is Cc1noc(C)c1CSc1ccccc1C(=O)NCCCN1CCN(c2ncccn2)CC1. The molecule has 0 unspecified atom stereocenters. The molecule has 1 aliphatic heterocycles. The first-order valence-corrected chi connectivity index (χ1v) is 12.3. The maximum absolute atomic E-state index is 12.8. The highest BCUT2D eigenvalue weighted by molar-refractivity contribution is 7.98. The third-order valence-corrected chi connectivity index (χ3v) is 6.93. The Morgan fingerprint density at radius 1 is 1.09 bits per heavy atom. The third kappa shape index (κ3) is 6.11. The van der Waals surface area contributed by atoms with E-state index in [0.29, 0.717) is 12.1 Å². The summed E-state index contributed by atoms with van der Waals surface area (Å²) in [5.74, 6) is 2.34. The number of carbonyl (C=O) groups is 1. The van der Waals surface area contributed by atoms with Crippen LogP contribution in [0.1, 0.15) is 33.8 Å². The Labute approximate surface area is 198 Å². The number of thioether (sulfide) groups is 1. The van der Waals surface area contributed by atoms with Crippen LogP contribution < -0.4 is 10.2 Å². The second kappa shape index (κ2) is 11.3. The fraction of sp³-hybridized carbons (Fsp3) is 0.417. The lowest BCUT2D eigenvalue weighted by Crippen LogP contribution is -2.47. The van der Waals surface area contributed by atoms with Gasteiger partial charge in [0.1, 0.15) is 5.76 Å². The van der Waals surface area contributed by atoms with Gasteiger partial charge in [-0.3, -0.25) is 9.69 Å². The van der Waals surface area contributed by atoms with Crippen molar-refractivity contribution in [1.82, 2.24) is 25.3 Å². The molecule has 0 saturated carbocycles. The number of carbonyl (C=O) groups excluding carboxylic acids is 1. The Morgan fingerprint density at radius 3 is 2.58 bits per heavy atom. The van der Waals surface area contributed by atoms with Gasteiger partial charge in [-0.15, -0.1) is 11.8 Å². The number of nitrogens with one attached hydrogen (secondary N) is 1. The zero-order valence-corrected chi connectivity index (χ0v) is 20.0. The van der Waals surface area contributed by atoms with Crippen LogP contribution in [0, 0.1) is 13.8 Å². The molecule has 0 spiro atoms. The Morgan fingerprint density at radius 2 is 1.85 bits per heavy atom. The van der Waals surface area contributed by atoms with E-state index in [9.17, 15) is 4.79 Å². The van der Waals surface area contributed by atoms with E-state index in [1.165, 1.54) is 0 Å². The molecule has 0 atom stereocenters. The van der Waals surface area contributed by atoms with E-state index >= 15 is 0 Å². The minimum absolute atomic E-state index is 0.0251. The Hall–Kier alpha value is -2.91. The van der Waals surface area contributed by atoms with Crippen molar-refractivity contribution in [3.8, 4) is 0 Å². The molecule has 1 N–H and O–H groups in total.